The predicted octanol–water partition coefficient (Wildman–Crippen LogP) is 2.47. The minimum atomic E-state index is 0.359. The Morgan fingerprint density at radius 3 is 2.67 bits per heavy atom. The lowest BCUT2D eigenvalue weighted by Gasteiger charge is -2.33. The Morgan fingerprint density at radius 2 is 2.00 bits per heavy atom. The van der Waals surface area contributed by atoms with E-state index in [2.05, 4.69) is 29.1 Å². The first-order valence-corrected chi connectivity index (χ1v) is 5.99. The van der Waals surface area contributed by atoms with Crippen molar-refractivity contribution in [3.8, 4) is 0 Å². The summed E-state index contributed by atoms with van der Waals surface area (Å²) in [4.78, 5) is 7.00. The zero-order valence-electron chi connectivity index (χ0n) is 9.37. The Morgan fingerprint density at radius 1 is 1.27 bits per heavy atom. The van der Waals surface area contributed by atoms with Gasteiger partial charge in [-0.05, 0) is 62.9 Å². The van der Waals surface area contributed by atoms with Gasteiger partial charge in [-0.25, -0.2) is 0 Å². The molecule has 2 heteroatoms. The second-order valence-electron chi connectivity index (χ2n) is 4.92. The van der Waals surface area contributed by atoms with Crippen molar-refractivity contribution in [1.29, 1.82) is 0 Å². The van der Waals surface area contributed by atoms with Gasteiger partial charge in [0.15, 0.2) is 0 Å². The van der Waals surface area contributed by atoms with Crippen LogP contribution in [0, 0.1) is 6.92 Å². The van der Waals surface area contributed by atoms with E-state index in [1.54, 1.807) is 0 Å². The number of hydrogen-bond donors (Lipinski definition) is 0. The van der Waals surface area contributed by atoms with Gasteiger partial charge in [0.25, 0.3) is 0 Å². The molecule has 0 aliphatic carbocycles. The lowest BCUT2D eigenvalue weighted by Crippen LogP contribution is -2.36. The van der Waals surface area contributed by atoms with Gasteiger partial charge in [0.2, 0.25) is 0 Å². The topological polar surface area (TPSA) is 16.1 Å². The smallest absolute Gasteiger partial charge is 0.0479 e. The third kappa shape index (κ3) is 1.24. The van der Waals surface area contributed by atoms with Crippen LogP contribution in [0.25, 0.3) is 0 Å². The van der Waals surface area contributed by atoms with E-state index < -0.39 is 0 Å². The van der Waals surface area contributed by atoms with Gasteiger partial charge in [0, 0.05) is 17.9 Å². The molecule has 1 aromatic rings. The molecule has 15 heavy (non-hydrogen) atoms. The van der Waals surface area contributed by atoms with E-state index in [0.29, 0.717) is 5.54 Å². The Kier molecular flexibility index (Phi) is 2.06. The average Bonchev–Trinajstić information content (AvgIpc) is 2.77. The molecule has 0 spiro atoms. The zero-order chi connectivity index (χ0) is 10.3. The molecule has 0 bridgehead atoms. The van der Waals surface area contributed by atoms with Crippen LogP contribution in [0.3, 0.4) is 0 Å². The van der Waals surface area contributed by atoms with E-state index in [9.17, 15) is 0 Å². The molecule has 0 aromatic carbocycles. The third-order valence-electron chi connectivity index (χ3n) is 4.18. The van der Waals surface area contributed by atoms with Crippen LogP contribution in [0.4, 0.5) is 0 Å². The van der Waals surface area contributed by atoms with Gasteiger partial charge in [-0.3, -0.25) is 9.88 Å². The lowest BCUT2D eigenvalue weighted by molar-refractivity contribution is 0.196. The van der Waals surface area contributed by atoms with Crippen molar-refractivity contribution < 1.29 is 0 Å². The number of fused-ring (bicyclic) bond motifs is 1. The molecule has 0 amide bonds. The number of aryl methyl sites for hydroxylation is 1. The van der Waals surface area contributed by atoms with E-state index in [-0.39, 0.29) is 0 Å². The van der Waals surface area contributed by atoms with Crippen LogP contribution in [0.15, 0.2) is 18.5 Å². The molecule has 3 rings (SSSR count). The Bertz CT molecular complexity index is 363. The highest BCUT2D eigenvalue weighted by Crippen LogP contribution is 2.47. The number of nitrogens with zero attached hydrogens (tertiary/aromatic N) is 2. The van der Waals surface area contributed by atoms with E-state index in [1.807, 2.05) is 6.20 Å². The maximum atomic E-state index is 4.32. The fraction of sp³-hybridized carbons (Fsp3) is 0.615. The highest BCUT2D eigenvalue weighted by Gasteiger charge is 2.46. The summed E-state index contributed by atoms with van der Waals surface area (Å²) in [6, 6.07) is 2.15. The highest BCUT2D eigenvalue weighted by molar-refractivity contribution is 5.32. The molecule has 0 unspecified atom stereocenters. The number of rotatable bonds is 1. The average molecular weight is 202 g/mol. The van der Waals surface area contributed by atoms with Gasteiger partial charge in [0.1, 0.15) is 0 Å². The highest BCUT2D eigenvalue weighted by atomic mass is 15.2. The Balaban J connectivity index is 2.08. The molecule has 80 valence electrons. The SMILES string of the molecule is Cc1ccncc1C12CCCN1CCC2. The minimum Gasteiger partial charge on any atom is -0.294 e. The summed E-state index contributed by atoms with van der Waals surface area (Å²) in [5.41, 5.74) is 3.26. The van der Waals surface area contributed by atoms with Crippen molar-refractivity contribution >= 4 is 0 Å². The quantitative estimate of drug-likeness (QED) is 0.695. The summed E-state index contributed by atoms with van der Waals surface area (Å²) in [6.07, 6.45) is 9.38. The standard InChI is InChI=1S/C13H18N2/c1-11-4-7-14-10-12(11)13-5-2-8-15(13)9-3-6-13/h4,7,10H,2-3,5-6,8-9H2,1H3. The van der Waals surface area contributed by atoms with Gasteiger partial charge in [-0.1, -0.05) is 0 Å². The minimum absolute atomic E-state index is 0.359. The first-order chi connectivity index (χ1) is 7.33. The van der Waals surface area contributed by atoms with E-state index in [0.717, 1.165) is 0 Å². The normalized spacial score (nSPS) is 24.3. The fourth-order valence-electron chi connectivity index (χ4n) is 3.50. The summed E-state index contributed by atoms with van der Waals surface area (Å²) < 4.78 is 0. The number of hydrogen-bond acceptors (Lipinski definition) is 2. The summed E-state index contributed by atoms with van der Waals surface area (Å²) in [6.45, 7) is 4.79. The zero-order valence-corrected chi connectivity index (χ0v) is 9.37. The van der Waals surface area contributed by atoms with Crippen LogP contribution in [0.5, 0.6) is 0 Å². The van der Waals surface area contributed by atoms with Crippen molar-refractivity contribution in [2.45, 2.75) is 38.1 Å². The Hall–Kier alpha value is -0.890. The molecule has 2 nitrogen and oxygen atoms in total. The molecule has 0 N–H and O–H groups in total. The summed E-state index contributed by atoms with van der Waals surface area (Å²) in [5.74, 6) is 0. The first-order valence-electron chi connectivity index (χ1n) is 5.99. The monoisotopic (exact) mass is 202 g/mol. The summed E-state index contributed by atoms with van der Waals surface area (Å²) in [5, 5.41) is 0. The molecule has 1 aromatic heterocycles. The summed E-state index contributed by atoms with van der Waals surface area (Å²) in [7, 11) is 0. The van der Waals surface area contributed by atoms with Gasteiger partial charge in [-0.15, -0.1) is 0 Å². The van der Waals surface area contributed by atoms with Crippen molar-refractivity contribution in [1.82, 2.24) is 9.88 Å². The van der Waals surface area contributed by atoms with Crippen LogP contribution in [-0.4, -0.2) is 23.0 Å². The molecule has 2 saturated heterocycles. The summed E-state index contributed by atoms with van der Waals surface area (Å²) >= 11 is 0. The maximum absolute atomic E-state index is 4.32. The lowest BCUT2D eigenvalue weighted by atomic mass is 9.84. The molecule has 2 fully saturated rings. The van der Waals surface area contributed by atoms with E-state index in [4.69, 9.17) is 0 Å². The molecule has 2 aliphatic heterocycles. The van der Waals surface area contributed by atoms with Gasteiger partial charge >= 0.3 is 0 Å². The molecule has 0 radical (unpaired) electrons. The van der Waals surface area contributed by atoms with Crippen molar-refractivity contribution in [2.24, 2.45) is 0 Å². The second-order valence-corrected chi connectivity index (χ2v) is 4.92. The van der Waals surface area contributed by atoms with Gasteiger partial charge in [-0.2, -0.15) is 0 Å². The van der Waals surface area contributed by atoms with Crippen LogP contribution < -0.4 is 0 Å². The van der Waals surface area contributed by atoms with Crippen molar-refractivity contribution in [2.75, 3.05) is 13.1 Å². The second kappa shape index (κ2) is 3.31. The number of pyridine rings is 1. The molecular weight excluding hydrogens is 184 g/mol. The van der Waals surface area contributed by atoms with Crippen LogP contribution >= 0.6 is 0 Å². The molecule has 0 atom stereocenters. The van der Waals surface area contributed by atoms with Crippen LogP contribution in [0.2, 0.25) is 0 Å². The van der Waals surface area contributed by atoms with Gasteiger partial charge < -0.3 is 0 Å². The number of aromatic nitrogens is 1. The largest absolute Gasteiger partial charge is 0.294 e. The Labute approximate surface area is 91.3 Å². The maximum Gasteiger partial charge on any atom is 0.0479 e. The van der Waals surface area contributed by atoms with E-state index >= 15 is 0 Å². The molecule has 0 saturated carbocycles. The van der Waals surface area contributed by atoms with Crippen molar-refractivity contribution in [3.05, 3.63) is 29.6 Å². The first kappa shape index (κ1) is 9.34. The predicted molar refractivity (Wildman–Crippen MR) is 60.7 cm³/mol. The fourth-order valence-corrected chi connectivity index (χ4v) is 3.50. The molecule has 2 aliphatic rings. The third-order valence-corrected chi connectivity index (χ3v) is 4.18. The molecule has 3 heterocycles. The van der Waals surface area contributed by atoms with Gasteiger partial charge in [0.05, 0.1) is 0 Å². The van der Waals surface area contributed by atoms with E-state index in [1.165, 1.54) is 49.9 Å². The van der Waals surface area contributed by atoms with Crippen molar-refractivity contribution in [3.63, 3.8) is 0 Å². The molecular formula is C13H18N2. The van der Waals surface area contributed by atoms with Crippen LogP contribution in [0.1, 0.15) is 36.8 Å². The van der Waals surface area contributed by atoms with Crippen LogP contribution in [-0.2, 0) is 5.54 Å².